The van der Waals surface area contributed by atoms with Crippen molar-refractivity contribution in [3.8, 4) is 5.75 Å². The Hall–Kier alpha value is -1.15. The highest BCUT2D eigenvalue weighted by Crippen LogP contribution is 2.29. The van der Waals surface area contributed by atoms with Gasteiger partial charge in [0.1, 0.15) is 18.3 Å². The van der Waals surface area contributed by atoms with Gasteiger partial charge in [0.25, 0.3) is 0 Å². The molecule has 0 radical (unpaired) electrons. The molecule has 0 heterocycles. The summed E-state index contributed by atoms with van der Waals surface area (Å²) in [6.45, 7) is 0. The summed E-state index contributed by atoms with van der Waals surface area (Å²) in [7, 11) is 0.227. The van der Waals surface area contributed by atoms with Crippen molar-refractivity contribution >= 4 is 21.7 Å². The number of hydrogen-bond donors (Lipinski definition) is 1. The van der Waals surface area contributed by atoms with Gasteiger partial charge in [-0.25, -0.2) is 0 Å². The van der Waals surface area contributed by atoms with E-state index >= 15 is 0 Å². The van der Waals surface area contributed by atoms with Gasteiger partial charge in [-0.2, -0.15) is 0 Å². The molecule has 0 unspecified atom stereocenters. The molecule has 1 N–H and O–H groups in total. The van der Waals surface area contributed by atoms with E-state index in [0.717, 1.165) is 5.39 Å². The van der Waals surface area contributed by atoms with Crippen molar-refractivity contribution in [2.75, 3.05) is 12.5 Å². The van der Waals surface area contributed by atoms with Gasteiger partial charge in [-0.05, 0) is 18.2 Å². The second-order valence-electron chi connectivity index (χ2n) is 3.44. The third kappa shape index (κ3) is 1.46. The smallest absolute Gasteiger partial charge is 0.162 e. The maximum Gasteiger partial charge on any atom is 0.162 e. The number of phenolic OH excluding ortho intramolecular Hbond substituents is 1. The molecule has 0 fully saturated rings. The van der Waals surface area contributed by atoms with Gasteiger partial charge < -0.3 is 5.11 Å². The molecule has 72 valence electrons. The van der Waals surface area contributed by atoms with Crippen LogP contribution >= 0.6 is 0 Å². The molecule has 0 atom stereocenters. The van der Waals surface area contributed by atoms with E-state index in [4.69, 9.17) is 0 Å². The van der Waals surface area contributed by atoms with Crippen LogP contribution in [0.15, 0.2) is 41.3 Å². The third-order valence-corrected chi connectivity index (χ3v) is 3.54. The lowest BCUT2D eigenvalue weighted by Gasteiger charge is -2.04. The minimum Gasteiger partial charge on any atom is -0.507 e. The van der Waals surface area contributed by atoms with E-state index in [9.17, 15) is 5.11 Å². The normalized spacial score (nSPS) is 11.1. The number of hydrogen-bond acceptors (Lipinski definition) is 1. The maximum absolute atomic E-state index is 9.68. The van der Waals surface area contributed by atoms with E-state index in [1.54, 1.807) is 6.07 Å². The lowest BCUT2D eigenvalue weighted by atomic mass is 10.1. The average Bonchev–Trinajstić information content (AvgIpc) is 2.18. The van der Waals surface area contributed by atoms with Gasteiger partial charge >= 0.3 is 0 Å². The zero-order valence-corrected chi connectivity index (χ0v) is 9.14. The first-order chi connectivity index (χ1) is 6.70. The summed E-state index contributed by atoms with van der Waals surface area (Å²) in [6.07, 6.45) is 4.39. The Morgan fingerprint density at radius 2 is 1.57 bits per heavy atom. The molecule has 2 rings (SSSR count). The Morgan fingerprint density at radius 1 is 0.929 bits per heavy atom. The summed E-state index contributed by atoms with van der Waals surface area (Å²) in [5.41, 5.74) is 0. The van der Waals surface area contributed by atoms with E-state index < -0.39 is 0 Å². The zero-order valence-electron chi connectivity index (χ0n) is 8.32. The quantitative estimate of drug-likeness (QED) is 0.710. The van der Waals surface area contributed by atoms with Crippen molar-refractivity contribution in [3.05, 3.63) is 36.4 Å². The van der Waals surface area contributed by atoms with Crippen molar-refractivity contribution in [1.82, 2.24) is 0 Å². The summed E-state index contributed by atoms with van der Waals surface area (Å²) in [6, 6.07) is 11.8. The van der Waals surface area contributed by atoms with E-state index in [2.05, 4.69) is 18.6 Å². The molecule has 2 aromatic rings. The molecule has 0 aliphatic heterocycles. The van der Waals surface area contributed by atoms with Gasteiger partial charge in [0, 0.05) is 21.7 Å². The molecule has 0 amide bonds. The summed E-state index contributed by atoms with van der Waals surface area (Å²) < 4.78 is 0. The van der Waals surface area contributed by atoms with E-state index in [-0.39, 0.29) is 10.9 Å². The third-order valence-electron chi connectivity index (χ3n) is 2.30. The fourth-order valence-corrected chi connectivity index (χ4v) is 2.57. The van der Waals surface area contributed by atoms with Crippen LogP contribution in [0.5, 0.6) is 5.75 Å². The van der Waals surface area contributed by atoms with E-state index in [0.29, 0.717) is 5.75 Å². The monoisotopic (exact) mass is 205 g/mol. The molecule has 0 bridgehead atoms. The summed E-state index contributed by atoms with van der Waals surface area (Å²) in [4.78, 5) is 1.32. The number of benzene rings is 2. The molecule has 0 saturated heterocycles. The number of rotatable bonds is 1. The summed E-state index contributed by atoms with van der Waals surface area (Å²) >= 11 is 0. The highest BCUT2D eigenvalue weighted by atomic mass is 32.2. The lowest BCUT2D eigenvalue weighted by molar-refractivity contribution is 0.481. The molecule has 2 aromatic carbocycles. The minimum absolute atomic E-state index is 0.227. The molecule has 0 aliphatic carbocycles. The Morgan fingerprint density at radius 3 is 2.21 bits per heavy atom. The minimum atomic E-state index is 0.227. The standard InChI is InChI=1S/C12H12OS/c1-14(2)12-8-7-11(13)9-5-3-4-6-10(9)12/h3-8H,1-2H3/p+1. The summed E-state index contributed by atoms with van der Waals surface area (Å²) in [5, 5.41) is 11.8. The van der Waals surface area contributed by atoms with Crippen LogP contribution in [0.25, 0.3) is 10.8 Å². The van der Waals surface area contributed by atoms with Crippen LogP contribution < -0.4 is 0 Å². The van der Waals surface area contributed by atoms with Gasteiger partial charge in [-0.1, -0.05) is 18.2 Å². The molecular formula is C12H13OS+. The molecule has 1 nitrogen and oxygen atoms in total. The average molecular weight is 205 g/mol. The van der Waals surface area contributed by atoms with Gasteiger partial charge in [0.15, 0.2) is 4.90 Å². The highest BCUT2D eigenvalue weighted by molar-refractivity contribution is 7.95. The first-order valence-electron chi connectivity index (χ1n) is 4.48. The Kier molecular flexibility index (Phi) is 2.38. The van der Waals surface area contributed by atoms with Crippen LogP contribution in [0.1, 0.15) is 0 Å². The van der Waals surface area contributed by atoms with Crippen molar-refractivity contribution in [2.45, 2.75) is 4.90 Å². The van der Waals surface area contributed by atoms with Gasteiger partial charge in [0.2, 0.25) is 0 Å². The SMILES string of the molecule is C[S+](C)c1ccc(O)c2ccccc12. The lowest BCUT2D eigenvalue weighted by Crippen LogP contribution is -1.96. The highest BCUT2D eigenvalue weighted by Gasteiger charge is 2.14. The Bertz CT molecular complexity index is 463. The van der Waals surface area contributed by atoms with Crippen LogP contribution in [0.4, 0.5) is 0 Å². The number of fused-ring (bicyclic) bond motifs is 1. The zero-order chi connectivity index (χ0) is 10.1. The fraction of sp³-hybridized carbons (Fsp3) is 0.167. The largest absolute Gasteiger partial charge is 0.507 e. The van der Waals surface area contributed by atoms with Gasteiger partial charge in [-0.15, -0.1) is 0 Å². The molecular weight excluding hydrogens is 192 g/mol. The Labute approximate surface area is 86.7 Å². The molecule has 2 heteroatoms. The Balaban J connectivity index is 2.82. The molecule has 0 spiro atoms. The second kappa shape index (κ2) is 3.54. The van der Waals surface area contributed by atoms with Crippen LogP contribution in [-0.4, -0.2) is 17.6 Å². The van der Waals surface area contributed by atoms with Crippen molar-refractivity contribution < 1.29 is 5.11 Å². The predicted octanol–water partition coefficient (Wildman–Crippen LogP) is 2.78. The first kappa shape index (κ1) is 9.41. The molecule has 0 saturated carbocycles. The predicted molar refractivity (Wildman–Crippen MR) is 63.1 cm³/mol. The van der Waals surface area contributed by atoms with Gasteiger partial charge in [0.05, 0.1) is 0 Å². The van der Waals surface area contributed by atoms with Crippen LogP contribution in [0.2, 0.25) is 0 Å². The van der Waals surface area contributed by atoms with Crippen LogP contribution in [0.3, 0.4) is 0 Å². The maximum atomic E-state index is 9.68. The molecule has 14 heavy (non-hydrogen) atoms. The number of phenols is 1. The second-order valence-corrected chi connectivity index (χ2v) is 5.52. The van der Waals surface area contributed by atoms with E-state index in [1.165, 1.54) is 10.3 Å². The number of aromatic hydroxyl groups is 1. The van der Waals surface area contributed by atoms with Crippen LogP contribution in [-0.2, 0) is 10.9 Å². The molecule has 0 aliphatic rings. The van der Waals surface area contributed by atoms with E-state index in [1.807, 2.05) is 24.3 Å². The molecule has 0 aromatic heterocycles. The first-order valence-corrected chi connectivity index (χ1v) is 6.52. The van der Waals surface area contributed by atoms with Crippen LogP contribution in [0, 0.1) is 0 Å². The van der Waals surface area contributed by atoms with Crippen molar-refractivity contribution in [3.63, 3.8) is 0 Å². The van der Waals surface area contributed by atoms with Crippen molar-refractivity contribution in [1.29, 1.82) is 0 Å². The summed E-state index contributed by atoms with van der Waals surface area (Å²) in [5.74, 6) is 0.370. The topological polar surface area (TPSA) is 20.2 Å². The fourth-order valence-electron chi connectivity index (χ4n) is 1.61. The van der Waals surface area contributed by atoms with Gasteiger partial charge in [-0.3, -0.25) is 0 Å². The van der Waals surface area contributed by atoms with Crippen molar-refractivity contribution in [2.24, 2.45) is 0 Å².